The van der Waals surface area contributed by atoms with Gasteiger partial charge in [0.05, 0.1) is 0 Å². The topological polar surface area (TPSA) is 15.3 Å². The highest BCUT2D eigenvalue weighted by Gasteiger charge is 2.45. The summed E-state index contributed by atoms with van der Waals surface area (Å²) >= 11 is 1.89. The van der Waals surface area contributed by atoms with Crippen molar-refractivity contribution in [2.24, 2.45) is 5.41 Å². The van der Waals surface area contributed by atoms with Crippen LogP contribution in [0, 0.1) is 12.3 Å². The van der Waals surface area contributed by atoms with Crippen LogP contribution in [0.3, 0.4) is 0 Å². The van der Waals surface area contributed by atoms with E-state index < -0.39 is 0 Å². The Bertz CT molecular complexity index is 3720. The van der Waals surface area contributed by atoms with E-state index in [4.69, 9.17) is 0 Å². The zero-order valence-corrected chi connectivity index (χ0v) is 44.7. The highest BCUT2D eigenvalue weighted by atomic mass is 32.1. The molecule has 0 saturated heterocycles. The van der Waals surface area contributed by atoms with Crippen LogP contribution in [0.25, 0.3) is 53.2 Å². The van der Waals surface area contributed by atoms with Crippen LogP contribution in [0.15, 0.2) is 175 Å². The molecule has 1 aliphatic heterocycles. The van der Waals surface area contributed by atoms with Gasteiger partial charge in [-0.3, -0.25) is 0 Å². The Morgan fingerprint density at radius 3 is 2.15 bits per heavy atom. The maximum absolute atomic E-state index is 4.10. The number of rotatable bonds is 8. The van der Waals surface area contributed by atoms with E-state index in [2.05, 4.69) is 251 Å². The third kappa shape index (κ3) is 7.58. The lowest BCUT2D eigenvalue weighted by molar-refractivity contribution is 0.315. The van der Waals surface area contributed by atoms with Crippen LogP contribution in [0.1, 0.15) is 110 Å². The number of aryl methyl sites for hydroxylation is 1. The number of allylic oxidation sites excluding steroid dienone is 4. The number of hydrogen-bond donors (Lipinski definition) is 1. The van der Waals surface area contributed by atoms with Crippen molar-refractivity contribution in [2.45, 2.75) is 111 Å². The summed E-state index contributed by atoms with van der Waals surface area (Å²) in [6.07, 6.45) is 9.35. The first kappa shape index (κ1) is 46.5. The van der Waals surface area contributed by atoms with Crippen LogP contribution in [0.4, 0.5) is 28.4 Å². The zero-order chi connectivity index (χ0) is 49.9. The summed E-state index contributed by atoms with van der Waals surface area (Å²) in [6, 6.07) is 57.4. The Kier molecular flexibility index (Phi) is 11.0. The average molecular weight is 954 g/mol. The third-order valence-corrected chi connectivity index (χ3v) is 17.9. The maximum Gasteiger partial charge on any atom is 0.197 e. The molecule has 0 bridgehead atoms. The van der Waals surface area contributed by atoms with Gasteiger partial charge in [-0.05, 0) is 136 Å². The van der Waals surface area contributed by atoms with Gasteiger partial charge in [-0.25, -0.2) is 0 Å². The van der Waals surface area contributed by atoms with Crippen molar-refractivity contribution in [3.63, 3.8) is 0 Å². The van der Waals surface area contributed by atoms with E-state index in [-0.39, 0.29) is 21.7 Å². The minimum absolute atomic E-state index is 0.0278. The van der Waals surface area contributed by atoms with Gasteiger partial charge in [0, 0.05) is 76.0 Å². The van der Waals surface area contributed by atoms with E-state index in [0.717, 1.165) is 30.6 Å². The summed E-state index contributed by atoms with van der Waals surface area (Å²) in [5.41, 5.74) is 21.9. The minimum atomic E-state index is -0.162. The largest absolute Gasteiger partial charge is 0.354 e. The SMILES string of the molecule is Cc1cc(C(C)(C)CCC(C)(C)C)ccc1N1c2cc3c(cc2[B]c2c(-c4c(Nc5ccccc5-c5ccccc5)ccc5sc6ccccc6c45)cc4ccccc4c21)C(C)(C)C1=C(C=CCC1)C3(C)C. The molecule has 1 aromatic heterocycles. The summed E-state index contributed by atoms with van der Waals surface area (Å²) in [5.74, 6) is 0. The van der Waals surface area contributed by atoms with Crippen LogP contribution in [0.5, 0.6) is 0 Å². The highest BCUT2D eigenvalue weighted by molar-refractivity contribution is 7.26. The smallest absolute Gasteiger partial charge is 0.197 e. The Balaban J connectivity index is 1.15. The fourth-order valence-electron chi connectivity index (χ4n) is 12.6. The first-order valence-electron chi connectivity index (χ1n) is 26.3. The van der Waals surface area contributed by atoms with Gasteiger partial charge in [-0.1, -0.05) is 195 Å². The molecule has 2 heterocycles. The van der Waals surface area contributed by atoms with Gasteiger partial charge in [-0.2, -0.15) is 0 Å². The number of benzene rings is 8. The second-order valence-corrected chi connectivity index (χ2v) is 25.0. The Labute approximate surface area is 432 Å². The average Bonchev–Trinajstić information content (AvgIpc) is 3.76. The van der Waals surface area contributed by atoms with E-state index in [9.17, 15) is 0 Å². The molecule has 72 heavy (non-hydrogen) atoms. The maximum atomic E-state index is 4.10. The summed E-state index contributed by atoms with van der Waals surface area (Å²) in [7, 11) is 2.56. The molecule has 1 N–H and O–H groups in total. The van der Waals surface area contributed by atoms with Crippen molar-refractivity contribution in [3.8, 4) is 22.3 Å². The molecule has 2 aliphatic carbocycles. The number of nitrogens with one attached hydrogen (secondary N) is 1. The van der Waals surface area contributed by atoms with Crippen molar-refractivity contribution in [2.75, 3.05) is 10.2 Å². The molecule has 1 radical (unpaired) electrons. The first-order valence-corrected chi connectivity index (χ1v) is 27.1. The molecule has 8 aromatic carbocycles. The van der Waals surface area contributed by atoms with Gasteiger partial charge in [0.2, 0.25) is 0 Å². The number of anilines is 5. The fourth-order valence-corrected chi connectivity index (χ4v) is 13.7. The molecule has 0 fully saturated rings. The molecule has 0 atom stereocenters. The van der Waals surface area contributed by atoms with Crippen molar-refractivity contribution < 1.29 is 0 Å². The molecule has 9 aromatic rings. The molecule has 2 nitrogen and oxygen atoms in total. The predicted octanol–water partition coefficient (Wildman–Crippen LogP) is 18.4. The third-order valence-electron chi connectivity index (χ3n) is 16.8. The van der Waals surface area contributed by atoms with Gasteiger partial charge in [0.25, 0.3) is 0 Å². The highest BCUT2D eigenvalue weighted by Crippen LogP contribution is 2.55. The monoisotopic (exact) mass is 954 g/mol. The van der Waals surface area contributed by atoms with E-state index in [1.54, 1.807) is 5.57 Å². The van der Waals surface area contributed by atoms with Crippen molar-refractivity contribution >= 4 is 88.9 Å². The number of thiophene rings is 1. The lowest BCUT2D eigenvalue weighted by Gasteiger charge is -2.47. The Morgan fingerprint density at radius 2 is 1.36 bits per heavy atom. The minimum Gasteiger partial charge on any atom is -0.354 e. The predicted molar refractivity (Wildman–Crippen MR) is 315 cm³/mol. The van der Waals surface area contributed by atoms with E-state index in [1.807, 2.05) is 11.3 Å². The first-order chi connectivity index (χ1) is 34.5. The second-order valence-electron chi connectivity index (χ2n) is 23.9. The lowest BCUT2D eigenvalue weighted by atomic mass is 9.53. The Hall–Kier alpha value is -6.62. The van der Waals surface area contributed by atoms with E-state index >= 15 is 0 Å². The summed E-state index contributed by atoms with van der Waals surface area (Å²) in [4.78, 5) is 2.67. The van der Waals surface area contributed by atoms with Crippen LogP contribution in [0.2, 0.25) is 0 Å². The van der Waals surface area contributed by atoms with Gasteiger partial charge in [0.15, 0.2) is 7.28 Å². The van der Waals surface area contributed by atoms with E-state index in [0.29, 0.717) is 0 Å². The van der Waals surface area contributed by atoms with Crippen molar-refractivity contribution in [1.29, 1.82) is 0 Å². The molecular weight excluding hydrogens is 888 g/mol. The number of para-hydroxylation sites is 1. The number of nitrogens with zero attached hydrogens (tertiary/aromatic N) is 1. The standard InChI is InChI=1S/C68H66BN2S/c1-42-38-45(66(5,6)37-36-65(2,3)4)32-34-57(42)71-58-41-53-52(67(7,8)50-28-18-19-29-51(50)68(53,9)10)40-54(58)69-63-49(39-44-24-14-15-26-47(44)64(63)71)61-56(33-35-60-62(61)48-27-17-21-31-59(48)72-60)70-55-30-20-16-25-46(55)43-22-12-11-13-23-43/h11-17,19-27,29-35,38-41,70H,18,28,36-37H2,1-10H3. The quantitative estimate of drug-likeness (QED) is 0.153. The summed E-state index contributed by atoms with van der Waals surface area (Å²) in [6.45, 7) is 24.2. The molecule has 0 unspecified atom stereocenters. The zero-order valence-electron chi connectivity index (χ0n) is 43.8. The van der Waals surface area contributed by atoms with Crippen LogP contribution >= 0.6 is 11.3 Å². The molecule has 0 spiro atoms. The molecule has 0 saturated carbocycles. The van der Waals surface area contributed by atoms with E-state index in [1.165, 1.54) is 115 Å². The molecule has 4 heteroatoms. The van der Waals surface area contributed by atoms with Crippen LogP contribution in [-0.4, -0.2) is 7.28 Å². The van der Waals surface area contributed by atoms with Gasteiger partial charge >= 0.3 is 0 Å². The van der Waals surface area contributed by atoms with Crippen LogP contribution < -0.4 is 21.1 Å². The van der Waals surface area contributed by atoms with Crippen molar-refractivity contribution in [1.82, 2.24) is 0 Å². The van der Waals surface area contributed by atoms with Gasteiger partial charge in [0.1, 0.15) is 0 Å². The normalized spacial score (nSPS) is 15.8. The number of fused-ring (bicyclic) bond motifs is 8. The second kappa shape index (κ2) is 17.0. The van der Waals surface area contributed by atoms with Gasteiger partial charge in [-0.15, -0.1) is 11.3 Å². The number of hydrogen-bond acceptors (Lipinski definition) is 3. The van der Waals surface area contributed by atoms with Crippen molar-refractivity contribution in [3.05, 3.63) is 197 Å². The summed E-state index contributed by atoms with van der Waals surface area (Å²) in [5, 5.41) is 9.15. The van der Waals surface area contributed by atoms with Gasteiger partial charge < -0.3 is 10.2 Å². The molecule has 12 rings (SSSR count). The lowest BCUT2D eigenvalue weighted by Crippen LogP contribution is -2.44. The fraction of sp³-hybridized carbons (Fsp3) is 0.265. The van der Waals surface area contributed by atoms with Crippen LogP contribution in [-0.2, 0) is 16.2 Å². The Morgan fingerprint density at radius 1 is 0.639 bits per heavy atom. The molecule has 3 aliphatic rings. The summed E-state index contributed by atoms with van der Waals surface area (Å²) < 4.78 is 2.58. The molecule has 0 amide bonds. The molecule has 357 valence electrons. The molecular formula is C68H66BN2S.